The number of rotatable bonds is 16. The summed E-state index contributed by atoms with van der Waals surface area (Å²) >= 11 is 0. The van der Waals surface area contributed by atoms with Crippen LogP contribution in [0, 0.1) is 11.3 Å². The van der Waals surface area contributed by atoms with Crippen molar-refractivity contribution in [3.8, 4) is 5.75 Å². The summed E-state index contributed by atoms with van der Waals surface area (Å²) in [6.07, 6.45) is -0.742. The quantitative estimate of drug-likeness (QED) is 0.182. The molecule has 0 saturated carbocycles. The molecule has 0 aliphatic carbocycles. The predicted molar refractivity (Wildman–Crippen MR) is 178 cm³/mol. The van der Waals surface area contributed by atoms with E-state index in [0.29, 0.717) is 12.8 Å². The van der Waals surface area contributed by atoms with Crippen LogP contribution in [0.5, 0.6) is 5.75 Å². The second kappa shape index (κ2) is 15.6. The summed E-state index contributed by atoms with van der Waals surface area (Å²) in [4.78, 5) is 39.4. The monoisotopic (exact) mass is 661 g/mol. The third-order valence-corrected chi connectivity index (χ3v) is 8.59. The molecule has 1 amide bonds. The Kier molecular flexibility index (Phi) is 13.3. The summed E-state index contributed by atoms with van der Waals surface area (Å²) < 4.78 is 51.6. The number of carbonyl (C=O) groups is 3. The Morgan fingerprint density at radius 3 is 2.04 bits per heavy atom. The molecule has 0 heterocycles. The average molecular weight is 662 g/mol. The fourth-order valence-electron chi connectivity index (χ4n) is 4.80. The Balaban J connectivity index is 2.35. The number of amides is 1. The maximum Gasteiger partial charge on any atom is 0.296 e. The molecule has 2 aromatic carbocycles. The highest BCUT2D eigenvalue weighted by molar-refractivity contribution is 7.86. The van der Waals surface area contributed by atoms with Crippen molar-refractivity contribution in [1.82, 2.24) is 0 Å². The minimum Gasteiger partial charge on any atom is -0.497 e. The standard InChI is InChI=1S/C35H51NO9S/c1-23(31(39)32(45-34(5,6)7)24-15-12-11-13-16-24)35(8,9)44-26(17-14-18-29(37)33(2,3)4)22-30(38)36-27-20-19-25(43-10)21-28(27)46(40,41)42/h11-13,15-16,19-21,23,26,32H,14,17-18,22H2,1-10H3,(H,36,38)(H,40,41,42). The van der Waals surface area contributed by atoms with Crippen LogP contribution in [0.2, 0.25) is 0 Å². The van der Waals surface area contributed by atoms with E-state index in [9.17, 15) is 27.4 Å². The number of carbonyl (C=O) groups excluding carboxylic acids is 3. The van der Waals surface area contributed by atoms with Crippen LogP contribution in [-0.2, 0) is 34.0 Å². The number of benzene rings is 2. The molecule has 11 heteroatoms. The van der Waals surface area contributed by atoms with Crippen LogP contribution >= 0.6 is 0 Å². The van der Waals surface area contributed by atoms with E-state index < -0.39 is 55.7 Å². The zero-order chi connectivity index (χ0) is 35.1. The maximum atomic E-state index is 14.0. The van der Waals surface area contributed by atoms with Crippen LogP contribution in [0.1, 0.15) is 99.7 Å². The van der Waals surface area contributed by atoms with E-state index >= 15 is 0 Å². The maximum absolute atomic E-state index is 14.0. The molecule has 0 saturated heterocycles. The van der Waals surface area contributed by atoms with Crippen molar-refractivity contribution < 1.29 is 41.6 Å². The average Bonchev–Trinajstić information content (AvgIpc) is 2.93. The molecule has 2 N–H and O–H groups in total. The zero-order valence-electron chi connectivity index (χ0n) is 28.8. The van der Waals surface area contributed by atoms with Crippen LogP contribution in [0.15, 0.2) is 53.4 Å². The molecule has 0 radical (unpaired) electrons. The van der Waals surface area contributed by atoms with Gasteiger partial charge in [0, 0.05) is 23.8 Å². The molecule has 0 spiro atoms. The molecule has 2 aromatic rings. The van der Waals surface area contributed by atoms with Crippen molar-refractivity contribution in [3.63, 3.8) is 0 Å². The summed E-state index contributed by atoms with van der Waals surface area (Å²) in [7, 11) is -3.34. The third kappa shape index (κ3) is 11.9. The van der Waals surface area contributed by atoms with Gasteiger partial charge < -0.3 is 19.5 Å². The predicted octanol–water partition coefficient (Wildman–Crippen LogP) is 6.98. The van der Waals surface area contributed by atoms with Gasteiger partial charge in [-0.25, -0.2) is 0 Å². The van der Waals surface area contributed by atoms with E-state index in [1.807, 2.05) is 71.9 Å². The number of anilines is 1. The summed E-state index contributed by atoms with van der Waals surface area (Å²) in [5.41, 5.74) is -1.60. The van der Waals surface area contributed by atoms with Gasteiger partial charge in [-0.15, -0.1) is 0 Å². The molecule has 0 fully saturated rings. The van der Waals surface area contributed by atoms with E-state index in [2.05, 4.69) is 5.32 Å². The van der Waals surface area contributed by atoms with Crippen molar-refractivity contribution >= 4 is 33.3 Å². The summed E-state index contributed by atoms with van der Waals surface area (Å²) in [5, 5.41) is 2.56. The van der Waals surface area contributed by atoms with Crippen LogP contribution < -0.4 is 10.1 Å². The van der Waals surface area contributed by atoms with Gasteiger partial charge in [0.15, 0.2) is 5.78 Å². The first-order chi connectivity index (χ1) is 21.0. The van der Waals surface area contributed by atoms with Gasteiger partial charge in [0.05, 0.1) is 36.5 Å². The molecule has 0 aliphatic rings. The molecule has 10 nitrogen and oxygen atoms in total. The van der Waals surface area contributed by atoms with E-state index in [1.54, 1.807) is 20.8 Å². The fraction of sp³-hybridized carbons (Fsp3) is 0.571. The Morgan fingerprint density at radius 2 is 1.52 bits per heavy atom. The first-order valence-corrected chi connectivity index (χ1v) is 16.9. The van der Waals surface area contributed by atoms with Gasteiger partial charge in [-0.05, 0) is 65.2 Å². The lowest BCUT2D eigenvalue weighted by molar-refractivity contribution is -0.161. The topological polar surface area (TPSA) is 145 Å². The minimum absolute atomic E-state index is 0.0690. The van der Waals surface area contributed by atoms with Crippen molar-refractivity contribution in [2.45, 2.75) is 116 Å². The number of hydrogen-bond donors (Lipinski definition) is 2. The van der Waals surface area contributed by atoms with Gasteiger partial charge in [0.25, 0.3) is 10.1 Å². The molecular weight excluding hydrogens is 610 g/mol. The largest absolute Gasteiger partial charge is 0.497 e. The Labute approximate surface area is 274 Å². The highest BCUT2D eigenvalue weighted by Gasteiger charge is 2.40. The number of nitrogens with one attached hydrogen (secondary N) is 1. The summed E-state index contributed by atoms with van der Waals surface area (Å²) in [6.45, 7) is 16.5. The van der Waals surface area contributed by atoms with Crippen molar-refractivity contribution in [1.29, 1.82) is 0 Å². The van der Waals surface area contributed by atoms with Gasteiger partial charge in [-0.2, -0.15) is 8.42 Å². The van der Waals surface area contributed by atoms with Crippen LogP contribution in [0.25, 0.3) is 0 Å². The zero-order valence-corrected chi connectivity index (χ0v) is 29.6. The Morgan fingerprint density at radius 1 is 0.913 bits per heavy atom. The van der Waals surface area contributed by atoms with E-state index in [-0.39, 0.29) is 35.8 Å². The smallest absolute Gasteiger partial charge is 0.296 e. The number of hydrogen-bond acceptors (Lipinski definition) is 8. The molecule has 0 bridgehead atoms. The van der Waals surface area contributed by atoms with Crippen LogP contribution in [-0.4, -0.2) is 54.9 Å². The van der Waals surface area contributed by atoms with E-state index in [1.165, 1.54) is 19.2 Å². The van der Waals surface area contributed by atoms with Gasteiger partial charge >= 0.3 is 0 Å². The molecule has 0 aliphatic heterocycles. The Bertz CT molecular complexity index is 1460. The number of methoxy groups -OCH3 is 1. The SMILES string of the molecule is COc1ccc(NC(=O)CC(CCCC(=O)C(C)(C)C)OC(C)(C)C(C)C(=O)C(OC(C)(C)C)c2ccccc2)c(S(=O)(=O)O)c1. The molecule has 256 valence electrons. The third-order valence-electron chi connectivity index (χ3n) is 7.69. The molecule has 46 heavy (non-hydrogen) atoms. The fourth-order valence-corrected chi connectivity index (χ4v) is 5.46. The molecule has 0 aromatic heterocycles. The first-order valence-electron chi connectivity index (χ1n) is 15.5. The van der Waals surface area contributed by atoms with Crippen molar-refractivity contribution in [2.24, 2.45) is 11.3 Å². The lowest BCUT2D eigenvalue weighted by Crippen LogP contribution is -2.44. The van der Waals surface area contributed by atoms with Crippen molar-refractivity contribution in [3.05, 3.63) is 54.1 Å². The van der Waals surface area contributed by atoms with Crippen molar-refractivity contribution in [2.75, 3.05) is 12.4 Å². The lowest BCUT2D eigenvalue weighted by Gasteiger charge is -2.37. The minimum atomic E-state index is -4.68. The summed E-state index contributed by atoms with van der Waals surface area (Å²) in [6, 6.07) is 13.1. The van der Waals surface area contributed by atoms with Gasteiger partial charge in [-0.1, -0.05) is 58.0 Å². The first kappa shape index (κ1) is 39.1. The van der Waals surface area contributed by atoms with Crippen LogP contribution in [0.3, 0.4) is 0 Å². The van der Waals surface area contributed by atoms with E-state index in [0.717, 1.165) is 11.6 Å². The molecule has 3 unspecified atom stereocenters. The number of ether oxygens (including phenoxy) is 3. The van der Waals surface area contributed by atoms with E-state index in [4.69, 9.17) is 14.2 Å². The highest BCUT2D eigenvalue weighted by Crippen LogP contribution is 2.34. The molecule has 3 atom stereocenters. The number of ketones is 2. The van der Waals surface area contributed by atoms with Gasteiger partial charge in [0.1, 0.15) is 22.5 Å². The second-order valence-electron chi connectivity index (χ2n) is 14.1. The normalized spacial score (nSPS) is 14.7. The van der Waals surface area contributed by atoms with Crippen LogP contribution in [0.4, 0.5) is 5.69 Å². The van der Waals surface area contributed by atoms with Gasteiger partial charge in [0.2, 0.25) is 5.91 Å². The molecular formula is C35H51NO9S. The van der Waals surface area contributed by atoms with Gasteiger partial charge in [-0.3, -0.25) is 18.9 Å². The molecule has 2 rings (SSSR count). The highest BCUT2D eigenvalue weighted by atomic mass is 32.2. The summed E-state index contributed by atoms with van der Waals surface area (Å²) in [5.74, 6) is -1.18. The Hall–Kier alpha value is -3.12. The number of Topliss-reactive ketones (excluding diaryl/α,β-unsaturated/α-hetero) is 2. The second-order valence-corrected chi connectivity index (χ2v) is 15.5. The lowest BCUT2D eigenvalue weighted by atomic mass is 9.84.